The van der Waals surface area contributed by atoms with Gasteiger partial charge in [0, 0.05) is 67.7 Å². The first-order chi connectivity index (χ1) is 20.2. The second-order valence-corrected chi connectivity index (χ2v) is 12.1. The molecule has 1 atom stereocenters. The normalized spacial score (nSPS) is 17.9. The molecule has 4 N–H and O–H groups in total. The highest BCUT2D eigenvalue weighted by molar-refractivity contribution is 6.35. The number of carbonyl (C=O) groups is 3. The molecule has 228 valence electrons. The van der Waals surface area contributed by atoms with Crippen molar-refractivity contribution in [3.8, 4) is 0 Å². The average molecular weight is 621 g/mol. The van der Waals surface area contributed by atoms with Crippen molar-refractivity contribution in [3.05, 3.63) is 69.5 Å². The molecule has 0 radical (unpaired) electrons. The summed E-state index contributed by atoms with van der Waals surface area (Å²) >= 11 is 12.4. The molecule has 1 saturated heterocycles. The van der Waals surface area contributed by atoms with Crippen molar-refractivity contribution in [2.75, 3.05) is 39.3 Å². The van der Waals surface area contributed by atoms with Crippen LogP contribution in [0.3, 0.4) is 0 Å². The number of rotatable bonds is 11. The first-order valence-corrected chi connectivity index (χ1v) is 15.4. The van der Waals surface area contributed by atoms with Crippen molar-refractivity contribution in [2.45, 2.75) is 62.9 Å². The summed E-state index contributed by atoms with van der Waals surface area (Å²) in [6, 6.07) is 10.7. The van der Waals surface area contributed by atoms with E-state index in [1.807, 2.05) is 0 Å². The third-order valence-electron chi connectivity index (χ3n) is 8.41. The number of nitrogens with two attached hydrogens (primary N) is 1. The second-order valence-electron chi connectivity index (χ2n) is 11.2. The average Bonchev–Trinajstić information content (AvgIpc) is 2.98. The summed E-state index contributed by atoms with van der Waals surface area (Å²) in [6.45, 7) is 2.98. The van der Waals surface area contributed by atoms with Crippen LogP contribution >= 0.6 is 23.2 Å². The van der Waals surface area contributed by atoms with Gasteiger partial charge in [0.1, 0.15) is 11.9 Å². The molecule has 42 heavy (non-hydrogen) atoms. The van der Waals surface area contributed by atoms with Gasteiger partial charge in [-0.1, -0.05) is 66.7 Å². The van der Waals surface area contributed by atoms with Crippen molar-refractivity contribution < 1.29 is 18.8 Å². The number of nitrogens with one attached hydrogen (secondary N) is 2. The van der Waals surface area contributed by atoms with Gasteiger partial charge in [-0.15, -0.1) is 0 Å². The fraction of sp³-hybridized carbons (Fsp3) is 0.516. The summed E-state index contributed by atoms with van der Waals surface area (Å²) in [5, 5.41) is 6.87. The number of carbonyl (C=O) groups excluding carboxylic acids is 3. The molecule has 2 aromatic rings. The van der Waals surface area contributed by atoms with Gasteiger partial charge in [-0.25, -0.2) is 4.39 Å². The highest BCUT2D eigenvalue weighted by Crippen LogP contribution is 2.34. The molecule has 11 heteroatoms. The molecular weight excluding hydrogens is 580 g/mol. The fourth-order valence-electron chi connectivity index (χ4n) is 6.08. The van der Waals surface area contributed by atoms with Crippen LogP contribution in [0.5, 0.6) is 0 Å². The van der Waals surface area contributed by atoms with E-state index in [4.69, 9.17) is 28.9 Å². The van der Waals surface area contributed by atoms with Crippen LogP contribution in [0.4, 0.5) is 4.39 Å². The number of nitrogens with zero attached hydrogens (tertiary/aromatic N) is 2. The smallest absolute Gasteiger partial charge is 0.245 e. The second kappa shape index (κ2) is 15.1. The zero-order valence-electron chi connectivity index (χ0n) is 23.8. The molecule has 1 aliphatic heterocycles. The molecule has 0 spiro atoms. The van der Waals surface area contributed by atoms with Gasteiger partial charge in [0.05, 0.1) is 6.42 Å². The Kier molecular flexibility index (Phi) is 11.6. The van der Waals surface area contributed by atoms with E-state index in [9.17, 15) is 18.8 Å². The van der Waals surface area contributed by atoms with Crippen LogP contribution in [0.15, 0.2) is 42.5 Å². The summed E-state index contributed by atoms with van der Waals surface area (Å²) in [5.41, 5.74) is 6.46. The lowest BCUT2D eigenvalue weighted by atomic mass is 9.79. The zero-order valence-corrected chi connectivity index (χ0v) is 25.4. The van der Waals surface area contributed by atoms with Gasteiger partial charge in [-0.2, -0.15) is 0 Å². The van der Waals surface area contributed by atoms with Crippen LogP contribution in [0, 0.1) is 5.82 Å². The van der Waals surface area contributed by atoms with Crippen LogP contribution < -0.4 is 16.4 Å². The molecule has 2 fully saturated rings. The molecule has 0 bridgehead atoms. The molecule has 2 aliphatic rings. The predicted molar refractivity (Wildman–Crippen MR) is 163 cm³/mol. The molecule has 0 aromatic heterocycles. The van der Waals surface area contributed by atoms with Gasteiger partial charge < -0.3 is 21.3 Å². The Morgan fingerprint density at radius 3 is 2.33 bits per heavy atom. The van der Waals surface area contributed by atoms with E-state index in [-0.39, 0.29) is 54.9 Å². The van der Waals surface area contributed by atoms with E-state index in [0.29, 0.717) is 48.3 Å². The predicted octanol–water partition coefficient (Wildman–Crippen LogP) is 3.71. The van der Waals surface area contributed by atoms with Crippen molar-refractivity contribution in [1.82, 2.24) is 20.4 Å². The Morgan fingerprint density at radius 1 is 0.952 bits per heavy atom. The summed E-state index contributed by atoms with van der Waals surface area (Å²) in [6.07, 6.45) is 5.56. The fourth-order valence-corrected chi connectivity index (χ4v) is 6.57. The van der Waals surface area contributed by atoms with Gasteiger partial charge >= 0.3 is 0 Å². The molecule has 8 nitrogen and oxygen atoms in total. The van der Waals surface area contributed by atoms with Gasteiger partial charge in [0.25, 0.3) is 0 Å². The lowest BCUT2D eigenvalue weighted by molar-refractivity contribution is -0.139. The monoisotopic (exact) mass is 619 g/mol. The maximum atomic E-state index is 14.1. The third kappa shape index (κ3) is 8.43. The lowest BCUT2D eigenvalue weighted by Gasteiger charge is -2.50. The van der Waals surface area contributed by atoms with E-state index in [0.717, 1.165) is 37.7 Å². The summed E-state index contributed by atoms with van der Waals surface area (Å²) < 4.78 is 14.1. The number of hydrogen-bond acceptors (Lipinski definition) is 5. The Balaban J connectivity index is 1.40. The van der Waals surface area contributed by atoms with Gasteiger partial charge in [0.15, 0.2) is 0 Å². The highest BCUT2D eigenvalue weighted by atomic mass is 35.5. The number of amides is 3. The molecule has 1 unspecified atom stereocenters. The van der Waals surface area contributed by atoms with Crippen molar-refractivity contribution in [1.29, 1.82) is 0 Å². The summed E-state index contributed by atoms with van der Waals surface area (Å²) in [5.74, 6) is -1.03. The topological polar surface area (TPSA) is 108 Å². The van der Waals surface area contributed by atoms with Crippen LogP contribution in [-0.4, -0.2) is 78.4 Å². The molecule has 4 rings (SSSR count). The highest BCUT2D eigenvalue weighted by Gasteiger charge is 2.40. The van der Waals surface area contributed by atoms with Crippen LogP contribution in [0.1, 0.15) is 49.7 Å². The molecule has 1 saturated carbocycles. The van der Waals surface area contributed by atoms with E-state index < -0.39 is 6.04 Å². The Labute approximate surface area is 257 Å². The Bertz CT molecular complexity index is 1250. The minimum Gasteiger partial charge on any atom is -0.354 e. The van der Waals surface area contributed by atoms with E-state index in [1.165, 1.54) is 6.07 Å². The van der Waals surface area contributed by atoms with Crippen molar-refractivity contribution >= 4 is 40.9 Å². The SMILES string of the molecule is NCCC(=O)NC(Cc1ccc(Cl)cc1Cl)C(=O)N1CCN(C2(CNC(=O)Cc3ccccc3F)CCCCC2)CC1. The summed E-state index contributed by atoms with van der Waals surface area (Å²) in [4.78, 5) is 43.1. The largest absolute Gasteiger partial charge is 0.354 e. The Morgan fingerprint density at radius 2 is 1.67 bits per heavy atom. The van der Waals surface area contributed by atoms with Crippen LogP contribution in [0.25, 0.3) is 0 Å². The van der Waals surface area contributed by atoms with Crippen LogP contribution in [0.2, 0.25) is 10.0 Å². The van der Waals surface area contributed by atoms with Gasteiger partial charge in [-0.3, -0.25) is 19.3 Å². The van der Waals surface area contributed by atoms with Crippen molar-refractivity contribution in [2.24, 2.45) is 5.73 Å². The molecule has 3 amide bonds. The lowest BCUT2D eigenvalue weighted by Crippen LogP contribution is -2.63. The third-order valence-corrected chi connectivity index (χ3v) is 9.00. The number of benzene rings is 2. The number of hydrogen-bond donors (Lipinski definition) is 3. The van der Waals surface area contributed by atoms with Crippen molar-refractivity contribution in [3.63, 3.8) is 0 Å². The van der Waals surface area contributed by atoms with E-state index >= 15 is 0 Å². The quantitative estimate of drug-likeness (QED) is 0.355. The minimum atomic E-state index is -0.782. The standard InChI is InChI=1S/C31H40Cl2FN5O3/c32-24-9-8-22(25(33)20-24)18-27(37-28(40)10-13-35)30(42)38-14-16-39(17-15-38)31(11-4-1-5-12-31)21-36-29(41)19-23-6-2-3-7-26(23)34/h2-3,6-9,20,27H,1,4-5,10-19,21,35H2,(H,36,41)(H,37,40). The summed E-state index contributed by atoms with van der Waals surface area (Å²) in [7, 11) is 0. The molecule has 1 heterocycles. The zero-order chi connectivity index (χ0) is 30.1. The molecular formula is C31H40Cl2FN5O3. The number of piperazine rings is 1. The number of halogens is 3. The maximum Gasteiger partial charge on any atom is 0.245 e. The van der Waals surface area contributed by atoms with E-state index in [2.05, 4.69) is 15.5 Å². The minimum absolute atomic E-state index is 0.0000656. The first-order valence-electron chi connectivity index (χ1n) is 14.7. The Hall–Kier alpha value is -2.72. The van der Waals surface area contributed by atoms with Gasteiger partial charge in [0.2, 0.25) is 17.7 Å². The molecule has 2 aromatic carbocycles. The first kappa shape index (κ1) is 32.2. The maximum absolute atomic E-state index is 14.1. The molecule has 1 aliphatic carbocycles. The van der Waals surface area contributed by atoms with Gasteiger partial charge in [-0.05, 0) is 42.2 Å². The van der Waals surface area contributed by atoms with Crippen LogP contribution in [-0.2, 0) is 27.2 Å². The van der Waals surface area contributed by atoms with E-state index in [1.54, 1.807) is 41.3 Å².